The number of benzene rings is 1. The van der Waals surface area contributed by atoms with Crippen molar-refractivity contribution in [3.05, 3.63) is 53.5 Å². The van der Waals surface area contributed by atoms with Gasteiger partial charge in [0.1, 0.15) is 11.6 Å². The van der Waals surface area contributed by atoms with Crippen molar-refractivity contribution < 1.29 is 19.4 Å². The normalized spacial score (nSPS) is 22.7. The van der Waals surface area contributed by atoms with Gasteiger partial charge in [-0.15, -0.1) is 10.2 Å². The maximum Gasteiger partial charge on any atom is 0.356 e. The van der Waals surface area contributed by atoms with E-state index in [-0.39, 0.29) is 16.9 Å². The van der Waals surface area contributed by atoms with E-state index in [1.165, 1.54) is 18.2 Å². The van der Waals surface area contributed by atoms with Crippen molar-refractivity contribution in [1.82, 2.24) is 10.2 Å². The second-order valence-corrected chi connectivity index (χ2v) is 6.54. The molecule has 0 spiro atoms. The Bertz CT molecular complexity index is 736. The van der Waals surface area contributed by atoms with Crippen LogP contribution in [0.5, 0.6) is 0 Å². The largest absolute Gasteiger partial charge is 0.476 e. The SMILES string of the molecule is O=C(O)c1ccc(NCC2(Cc3ccc(F)cc3)CCCC2O)nn1. The standard InChI is InChI=1S/C18H20FN3O3/c19-13-5-3-12(4-6-13)10-18(9-1-2-15(18)23)11-20-16-8-7-14(17(24)25)21-22-16/h3-8,15,23H,1-2,9-11H2,(H,20,22)(H,24,25). The molecule has 1 aliphatic rings. The zero-order chi connectivity index (χ0) is 17.9. The smallest absolute Gasteiger partial charge is 0.356 e. The van der Waals surface area contributed by atoms with Gasteiger partial charge >= 0.3 is 5.97 Å². The third-order valence-electron chi connectivity index (χ3n) is 4.83. The van der Waals surface area contributed by atoms with Gasteiger partial charge in [-0.25, -0.2) is 9.18 Å². The molecule has 3 N–H and O–H groups in total. The van der Waals surface area contributed by atoms with Gasteiger partial charge in [0.2, 0.25) is 0 Å². The van der Waals surface area contributed by atoms with Gasteiger partial charge in [-0.05, 0) is 49.1 Å². The van der Waals surface area contributed by atoms with Gasteiger partial charge in [0.25, 0.3) is 0 Å². The Kier molecular flexibility index (Phi) is 4.94. The number of aromatic nitrogens is 2. The summed E-state index contributed by atoms with van der Waals surface area (Å²) in [5, 5.41) is 30.0. The molecule has 2 aromatic rings. The van der Waals surface area contributed by atoms with E-state index in [2.05, 4.69) is 15.5 Å². The fourth-order valence-corrected chi connectivity index (χ4v) is 3.41. The number of hydrogen-bond acceptors (Lipinski definition) is 5. The molecule has 6 nitrogen and oxygen atoms in total. The topological polar surface area (TPSA) is 95.3 Å². The number of halogens is 1. The molecule has 0 saturated heterocycles. The van der Waals surface area contributed by atoms with Crippen LogP contribution in [0.1, 0.15) is 35.3 Å². The van der Waals surface area contributed by atoms with E-state index in [9.17, 15) is 14.3 Å². The van der Waals surface area contributed by atoms with Crippen molar-refractivity contribution in [1.29, 1.82) is 0 Å². The summed E-state index contributed by atoms with van der Waals surface area (Å²) in [7, 11) is 0. The van der Waals surface area contributed by atoms with Gasteiger partial charge in [-0.2, -0.15) is 0 Å². The minimum absolute atomic E-state index is 0.118. The first-order valence-electron chi connectivity index (χ1n) is 8.22. The number of carboxylic acids is 1. The molecular weight excluding hydrogens is 325 g/mol. The first-order valence-corrected chi connectivity index (χ1v) is 8.22. The Morgan fingerprint density at radius 3 is 2.56 bits per heavy atom. The van der Waals surface area contributed by atoms with Crippen molar-refractivity contribution in [2.45, 2.75) is 31.8 Å². The summed E-state index contributed by atoms with van der Waals surface area (Å²) in [5.74, 6) is -0.947. The minimum Gasteiger partial charge on any atom is -0.476 e. The number of hydrogen-bond donors (Lipinski definition) is 3. The monoisotopic (exact) mass is 345 g/mol. The number of carbonyl (C=O) groups is 1. The molecule has 1 fully saturated rings. The fraction of sp³-hybridized carbons (Fsp3) is 0.389. The van der Waals surface area contributed by atoms with Crippen LogP contribution in [0.15, 0.2) is 36.4 Å². The van der Waals surface area contributed by atoms with Crippen LogP contribution in [-0.4, -0.2) is 39.0 Å². The minimum atomic E-state index is -1.13. The Morgan fingerprint density at radius 2 is 2.00 bits per heavy atom. The van der Waals surface area contributed by atoms with Crippen LogP contribution in [-0.2, 0) is 6.42 Å². The van der Waals surface area contributed by atoms with E-state index in [4.69, 9.17) is 5.11 Å². The highest BCUT2D eigenvalue weighted by molar-refractivity contribution is 5.85. The maximum absolute atomic E-state index is 13.1. The van der Waals surface area contributed by atoms with Gasteiger partial charge in [0.15, 0.2) is 5.69 Å². The number of anilines is 1. The molecule has 1 aromatic carbocycles. The third-order valence-corrected chi connectivity index (χ3v) is 4.83. The molecule has 25 heavy (non-hydrogen) atoms. The molecule has 2 unspecified atom stereocenters. The highest BCUT2D eigenvalue weighted by atomic mass is 19.1. The molecule has 3 rings (SSSR count). The predicted molar refractivity (Wildman–Crippen MR) is 89.9 cm³/mol. The zero-order valence-corrected chi connectivity index (χ0v) is 13.7. The van der Waals surface area contributed by atoms with Crippen molar-refractivity contribution in [2.24, 2.45) is 5.41 Å². The quantitative estimate of drug-likeness (QED) is 0.744. The summed E-state index contributed by atoms with van der Waals surface area (Å²) in [6, 6.07) is 9.27. The molecule has 0 bridgehead atoms. The van der Waals surface area contributed by atoms with Crippen LogP contribution in [0.2, 0.25) is 0 Å². The molecule has 1 heterocycles. The number of aliphatic hydroxyl groups excluding tert-OH is 1. The van der Waals surface area contributed by atoms with E-state index in [1.54, 1.807) is 18.2 Å². The van der Waals surface area contributed by atoms with Gasteiger partial charge < -0.3 is 15.5 Å². The van der Waals surface area contributed by atoms with Crippen LogP contribution in [0.25, 0.3) is 0 Å². The lowest BCUT2D eigenvalue weighted by Gasteiger charge is -2.33. The van der Waals surface area contributed by atoms with Crippen LogP contribution in [0.3, 0.4) is 0 Å². The molecule has 1 saturated carbocycles. The number of nitrogens with one attached hydrogen (secondary N) is 1. The van der Waals surface area contributed by atoms with Crippen molar-refractivity contribution in [2.75, 3.05) is 11.9 Å². The summed E-state index contributed by atoms with van der Waals surface area (Å²) < 4.78 is 13.1. The Hall–Kier alpha value is -2.54. The molecule has 132 valence electrons. The predicted octanol–water partition coefficient (Wildman–Crippen LogP) is 2.50. The lowest BCUT2D eigenvalue weighted by molar-refractivity contribution is 0.0618. The molecule has 0 amide bonds. The second kappa shape index (κ2) is 7.14. The molecule has 0 radical (unpaired) electrons. The summed E-state index contributed by atoms with van der Waals surface area (Å²) in [5.41, 5.74) is 0.481. The summed E-state index contributed by atoms with van der Waals surface area (Å²) in [4.78, 5) is 10.8. The molecule has 2 atom stereocenters. The summed E-state index contributed by atoms with van der Waals surface area (Å²) in [6.07, 6.45) is 2.66. The Morgan fingerprint density at radius 1 is 1.24 bits per heavy atom. The summed E-state index contributed by atoms with van der Waals surface area (Å²) >= 11 is 0. The highest BCUT2D eigenvalue weighted by Gasteiger charge is 2.41. The van der Waals surface area contributed by atoms with Gasteiger partial charge in [-0.1, -0.05) is 18.6 Å². The molecule has 7 heteroatoms. The van der Waals surface area contributed by atoms with Gasteiger partial charge in [0.05, 0.1) is 6.10 Å². The van der Waals surface area contributed by atoms with E-state index in [1.807, 2.05) is 0 Å². The fourth-order valence-electron chi connectivity index (χ4n) is 3.41. The van der Waals surface area contributed by atoms with E-state index < -0.39 is 12.1 Å². The van der Waals surface area contributed by atoms with E-state index in [0.717, 1.165) is 24.8 Å². The lowest BCUT2D eigenvalue weighted by atomic mass is 9.78. The highest BCUT2D eigenvalue weighted by Crippen LogP contribution is 2.41. The Labute approximate surface area is 144 Å². The maximum atomic E-state index is 13.1. The molecule has 0 aliphatic heterocycles. The average molecular weight is 345 g/mol. The van der Waals surface area contributed by atoms with Gasteiger partial charge in [0, 0.05) is 12.0 Å². The molecule has 1 aromatic heterocycles. The van der Waals surface area contributed by atoms with Crippen LogP contribution < -0.4 is 5.32 Å². The molecular formula is C18H20FN3O3. The lowest BCUT2D eigenvalue weighted by Crippen LogP contribution is -2.39. The summed E-state index contributed by atoms with van der Waals surface area (Å²) in [6.45, 7) is 0.479. The molecule has 1 aliphatic carbocycles. The Balaban J connectivity index is 1.72. The van der Waals surface area contributed by atoms with Crippen molar-refractivity contribution in [3.63, 3.8) is 0 Å². The van der Waals surface area contributed by atoms with E-state index >= 15 is 0 Å². The number of aliphatic hydroxyl groups is 1. The van der Waals surface area contributed by atoms with Crippen LogP contribution in [0, 0.1) is 11.2 Å². The average Bonchev–Trinajstić information content (AvgIpc) is 2.96. The zero-order valence-electron chi connectivity index (χ0n) is 13.7. The van der Waals surface area contributed by atoms with E-state index in [0.29, 0.717) is 18.8 Å². The number of rotatable bonds is 6. The van der Waals surface area contributed by atoms with Crippen LogP contribution >= 0.6 is 0 Å². The number of aromatic carboxylic acids is 1. The van der Waals surface area contributed by atoms with Crippen molar-refractivity contribution in [3.8, 4) is 0 Å². The van der Waals surface area contributed by atoms with Gasteiger partial charge in [-0.3, -0.25) is 0 Å². The third kappa shape index (κ3) is 3.93. The first-order chi connectivity index (χ1) is 12.0. The first kappa shape index (κ1) is 17.3. The number of carboxylic acid groups (broad SMARTS) is 1. The van der Waals surface area contributed by atoms with Crippen LogP contribution in [0.4, 0.5) is 10.2 Å². The van der Waals surface area contributed by atoms with Crippen molar-refractivity contribution >= 4 is 11.8 Å². The number of nitrogens with zero attached hydrogens (tertiary/aromatic N) is 2. The second-order valence-electron chi connectivity index (χ2n) is 6.54.